The van der Waals surface area contributed by atoms with E-state index >= 15 is 0 Å². The third kappa shape index (κ3) is 4.14. The first kappa shape index (κ1) is 14.2. The molecule has 0 saturated heterocycles. The van der Waals surface area contributed by atoms with Gasteiger partial charge in [-0.15, -0.1) is 0 Å². The van der Waals surface area contributed by atoms with E-state index in [1.165, 1.54) is 16.7 Å². The van der Waals surface area contributed by atoms with Gasteiger partial charge in [-0.05, 0) is 42.5 Å². The quantitative estimate of drug-likeness (QED) is 0.812. The molecule has 0 atom stereocenters. The van der Waals surface area contributed by atoms with Crippen LogP contribution in [0, 0.1) is 6.92 Å². The van der Waals surface area contributed by atoms with E-state index in [2.05, 4.69) is 57.8 Å². The summed E-state index contributed by atoms with van der Waals surface area (Å²) in [5.74, 6) is 0. The highest BCUT2D eigenvalue weighted by atomic mass is 15.1. The molecular weight excluding hydrogens is 208 g/mol. The first-order valence-electron chi connectivity index (χ1n) is 6.33. The van der Waals surface area contributed by atoms with E-state index in [1.54, 1.807) is 0 Å². The second-order valence-corrected chi connectivity index (χ2v) is 5.90. The molecule has 0 bridgehead atoms. The number of rotatable bonds is 4. The molecule has 0 unspecified atom stereocenters. The van der Waals surface area contributed by atoms with Gasteiger partial charge < -0.3 is 5.73 Å². The van der Waals surface area contributed by atoms with E-state index < -0.39 is 0 Å². The minimum atomic E-state index is 0.233. The first-order chi connectivity index (χ1) is 7.84. The highest BCUT2D eigenvalue weighted by molar-refractivity contribution is 5.34. The van der Waals surface area contributed by atoms with Crippen molar-refractivity contribution in [2.75, 3.05) is 20.3 Å². The summed E-state index contributed by atoms with van der Waals surface area (Å²) in [6.07, 6.45) is 1.07. The number of hydrogen-bond donors (Lipinski definition) is 1. The van der Waals surface area contributed by atoms with Crippen molar-refractivity contribution in [3.63, 3.8) is 0 Å². The molecule has 2 heteroatoms. The van der Waals surface area contributed by atoms with E-state index in [0.29, 0.717) is 6.67 Å². The van der Waals surface area contributed by atoms with Crippen molar-refractivity contribution in [3.05, 3.63) is 34.9 Å². The Kier molecular flexibility index (Phi) is 4.72. The normalized spacial score (nSPS) is 12.2. The fourth-order valence-electron chi connectivity index (χ4n) is 1.85. The van der Waals surface area contributed by atoms with Crippen LogP contribution in [0.1, 0.15) is 37.5 Å². The van der Waals surface area contributed by atoms with Crippen LogP contribution in [0.4, 0.5) is 0 Å². The second-order valence-electron chi connectivity index (χ2n) is 5.90. The Bertz CT molecular complexity index is 364. The highest BCUT2D eigenvalue weighted by Crippen LogP contribution is 2.24. The van der Waals surface area contributed by atoms with Crippen molar-refractivity contribution in [1.82, 2.24) is 4.90 Å². The minimum Gasteiger partial charge on any atom is -0.318 e. The second kappa shape index (κ2) is 5.65. The van der Waals surface area contributed by atoms with Gasteiger partial charge in [0.05, 0.1) is 0 Å². The van der Waals surface area contributed by atoms with Crippen LogP contribution in [-0.2, 0) is 11.8 Å². The van der Waals surface area contributed by atoms with Crippen LogP contribution in [-0.4, -0.2) is 25.2 Å². The Morgan fingerprint density at radius 1 is 1.24 bits per heavy atom. The van der Waals surface area contributed by atoms with E-state index in [9.17, 15) is 0 Å². The molecule has 0 aliphatic heterocycles. The van der Waals surface area contributed by atoms with Gasteiger partial charge in [0.15, 0.2) is 0 Å². The summed E-state index contributed by atoms with van der Waals surface area (Å²) in [4.78, 5) is 2.14. The average Bonchev–Trinajstić information content (AvgIpc) is 2.25. The Balaban J connectivity index is 2.77. The lowest BCUT2D eigenvalue weighted by atomic mass is 9.85. The standard InChI is InChI=1S/C15H26N2/c1-12-10-14(15(2,3)4)7-6-13(12)8-9-17(5)11-16/h6-7,10H,8-9,11,16H2,1-5H3. The molecular formula is C15H26N2. The van der Waals surface area contributed by atoms with Crippen LogP contribution in [0.5, 0.6) is 0 Å². The molecule has 0 aromatic heterocycles. The fourth-order valence-corrected chi connectivity index (χ4v) is 1.85. The van der Waals surface area contributed by atoms with Crippen LogP contribution in [0.25, 0.3) is 0 Å². The van der Waals surface area contributed by atoms with Gasteiger partial charge in [-0.1, -0.05) is 39.0 Å². The summed E-state index contributed by atoms with van der Waals surface area (Å²) in [6.45, 7) is 10.6. The Morgan fingerprint density at radius 2 is 1.88 bits per heavy atom. The summed E-state index contributed by atoms with van der Waals surface area (Å²) in [7, 11) is 2.05. The van der Waals surface area contributed by atoms with Crippen LogP contribution in [0.3, 0.4) is 0 Å². The summed E-state index contributed by atoms with van der Waals surface area (Å²) in [5.41, 5.74) is 10.0. The van der Waals surface area contributed by atoms with Gasteiger partial charge in [0.2, 0.25) is 0 Å². The van der Waals surface area contributed by atoms with Crippen LogP contribution in [0.15, 0.2) is 18.2 Å². The van der Waals surface area contributed by atoms with E-state index in [-0.39, 0.29) is 5.41 Å². The third-order valence-corrected chi connectivity index (χ3v) is 3.28. The lowest BCUT2D eigenvalue weighted by molar-refractivity contribution is 0.349. The monoisotopic (exact) mass is 234 g/mol. The predicted molar refractivity (Wildman–Crippen MR) is 75.3 cm³/mol. The molecule has 96 valence electrons. The van der Waals surface area contributed by atoms with Gasteiger partial charge in [-0.25, -0.2) is 0 Å². The maximum atomic E-state index is 5.58. The van der Waals surface area contributed by atoms with E-state index in [4.69, 9.17) is 5.73 Å². The van der Waals surface area contributed by atoms with Crippen LogP contribution < -0.4 is 5.73 Å². The van der Waals surface area contributed by atoms with Crippen molar-refractivity contribution < 1.29 is 0 Å². The largest absolute Gasteiger partial charge is 0.318 e. The maximum Gasteiger partial charge on any atom is 0.0452 e. The van der Waals surface area contributed by atoms with Crippen LogP contribution >= 0.6 is 0 Å². The molecule has 1 rings (SSSR count). The molecule has 2 N–H and O–H groups in total. The summed E-state index contributed by atoms with van der Waals surface area (Å²) < 4.78 is 0. The van der Waals surface area contributed by atoms with Crippen molar-refractivity contribution in [2.24, 2.45) is 5.73 Å². The number of nitrogens with zero attached hydrogens (tertiary/aromatic N) is 1. The predicted octanol–water partition coefficient (Wildman–Crippen LogP) is 2.68. The van der Waals surface area contributed by atoms with Gasteiger partial charge in [0.25, 0.3) is 0 Å². The molecule has 0 saturated carbocycles. The van der Waals surface area contributed by atoms with E-state index in [0.717, 1.165) is 13.0 Å². The molecule has 0 fully saturated rings. The zero-order valence-electron chi connectivity index (χ0n) is 11.9. The minimum absolute atomic E-state index is 0.233. The molecule has 17 heavy (non-hydrogen) atoms. The lowest BCUT2D eigenvalue weighted by Crippen LogP contribution is -2.27. The number of hydrogen-bond acceptors (Lipinski definition) is 2. The zero-order valence-corrected chi connectivity index (χ0v) is 11.9. The molecule has 0 radical (unpaired) electrons. The smallest absolute Gasteiger partial charge is 0.0452 e. The van der Waals surface area contributed by atoms with E-state index in [1.807, 2.05) is 0 Å². The number of aryl methyl sites for hydroxylation is 1. The Morgan fingerprint density at radius 3 is 2.35 bits per heavy atom. The van der Waals surface area contributed by atoms with Crippen molar-refractivity contribution in [1.29, 1.82) is 0 Å². The van der Waals surface area contributed by atoms with Crippen molar-refractivity contribution >= 4 is 0 Å². The number of benzene rings is 1. The van der Waals surface area contributed by atoms with Crippen LogP contribution in [0.2, 0.25) is 0 Å². The average molecular weight is 234 g/mol. The third-order valence-electron chi connectivity index (χ3n) is 3.28. The molecule has 1 aromatic rings. The highest BCUT2D eigenvalue weighted by Gasteiger charge is 2.14. The topological polar surface area (TPSA) is 29.3 Å². The van der Waals surface area contributed by atoms with Gasteiger partial charge in [-0.3, -0.25) is 4.90 Å². The van der Waals surface area contributed by atoms with Gasteiger partial charge in [-0.2, -0.15) is 0 Å². The molecule has 0 spiro atoms. The molecule has 0 aliphatic carbocycles. The molecule has 0 amide bonds. The maximum absolute atomic E-state index is 5.58. The van der Waals surface area contributed by atoms with Gasteiger partial charge in [0, 0.05) is 13.2 Å². The summed E-state index contributed by atoms with van der Waals surface area (Å²) in [6, 6.07) is 6.84. The van der Waals surface area contributed by atoms with Gasteiger partial charge >= 0.3 is 0 Å². The fraction of sp³-hybridized carbons (Fsp3) is 0.600. The number of nitrogens with two attached hydrogens (primary N) is 1. The molecule has 0 heterocycles. The molecule has 2 nitrogen and oxygen atoms in total. The molecule has 0 aliphatic rings. The summed E-state index contributed by atoms with van der Waals surface area (Å²) >= 11 is 0. The Hall–Kier alpha value is -0.860. The first-order valence-corrected chi connectivity index (χ1v) is 6.33. The zero-order chi connectivity index (χ0) is 13.1. The summed E-state index contributed by atoms with van der Waals surface area (Å²) in [5, 5.41) is 0. The lowest BCUT2D eigenvalue weighted by Gasteiger charge is -2.21. The number of likely N-dealkylation sites (N-methyl/N-ethyl adjacent to an activating group) is 1. The van der Waals surface area contributed by atoms with Crippen molar-refractivity contribution in [3.8, 4) is 0 Å². The van der Waals surface area contributed by atoms with Gasteiger partial charge in [0.1, 0.15) is 0 Å². The van der Waals surface area contributed by atoms with Crippen molar-refractivity contribution in [2.45, 2.75) is 39.5 Å². The Labute approximate surface area is 106 Å². The SMILES string of the molecule is Cc1cc(C(C)(C)C)ccc1CCN(C)CN. The molecule has 1 aromatic carbocycles.